The molecule has 2 rings (SSSR count). The molecule has 1 N–H and O–H groups in total. The maximum Gasteiger partial charge on any atom is 0.335 e. The summed E-state index contributed by atoms with van der Waals surface area (Å²) < 4.78 is 30.0. The molecule has 0 aliphatic carbocycles. The minimum Gasteiger partial charge on any atom is -0.496 e. The van der Waals surface area contributed by atoms with E-state index in [4.69, 9.17) is 9.84 Å². The first-order chi connectivity index (χ1) is 11.9. The van der Waals surface area contributed by atoms with E-state index in [0.717, 1.165) is 0 Å². The van der Waals surface area contributed by atoms with Crippen LogP contribution < -0.4 is 4.74 Å². The predicted molar refractivity (Wildman–Crippen MR) is 91.6 cm³/mol. The van der Waals surface area contributed by atoms with Crippen LogP contribution in [0.3, 0.4) is 0 Å². The predicted octanol–water partition coefficient (Wildman–Crippen LogP) is 4.60. The van der Waals surface area contributed by atoms with Gasteiger partial charge in [0.05, 0.1) is 17.6 Å². The van der Waals surface area contributed by atoms with Crippen molar-refractivity contribution < 1.29 is 28.2 Å². The van der Waals surface area contributed by atoms with E-state index in [9.17, 15) is 18.4 Å². The molecule has 0 saturated heterocycles. The Morgan fingerprint density at radius 1 is 1.12 bits per heavy atom. The number of carboxylic acids is 1. The molecule has 0 aromatic heterocycles. The van der Waals surface area contributed by atoms with E-state index in [1.165, 1.54) is 43.5 Å². The number of allylic oxidation sites excluding steroid dienone is 1. The lowest BCUT2D eigenvalue weighted by Gasteiger charge is -2.08. The highest BCUT2D eigenvalue weighted by Gasteiger charge is 2.13. The third-order valence-electron chi connectivity index (χ3n) is 3.25. The molecule has 0 fully saturated rings. The third kappa shape index (κ3) is 5.15. The molecule has 0 unspecified atom stereocenters. The number of benzene rings is 2. The van der Waals surface area contributed by atoms with Gasteiger partial charge in [-0.3, -0.25) is 4.79 Å². The van der Waals surface area contributed by atoms with Crippen LogP contribution in [0.15, 0.2) is 53.4 Å². The van der Waals surface area contributed by atoms with Gasteiger partial charge >= 0.3 is 5.97 Å². The van der Waals surface area contributed by atoms with E-state index in [-0.39, 0.29) is 22.0 Å². The minimum absolute atomic E-state index is 0.153. The second-order valence-electron chi connectivity index (χ2n) is 4.87. The highest BCUT2D eigenvalue weighted by molar-refractivity contribution is 7.99. The fourth-order valence-corrected chi connectivity index (χ4v) is 2.62. The largest absolute Gasteiger partial charge is 0.496 e. The average Bonchev–Trinajstić information content (AvgIpc) is 2.59. The molecular weight excluding hydrogens is 350 g/mol. The molecule has 4 nitrogen and oxygen atoms in total. The summed E-state index contributed by atoms with van der Waals surface area (Å²) in [7, 11) is 1.35. The number of thioether (sulfide) groups is 1. The van der Waals surface area contributed by atoms with Crippen molar-refractivity contribution in [2.75, 3.05) is 7.11 Å². The molecule has 0 saturated carbocycles. The van der Waals surface area contributed by atoms with E-state index in [1.807, 2.05) is 0 Å². The fraction of sp³-hybridized carbons (Fsp3) is 0.111. The first-order valence-corrected chi connectivity index (χ1v) is 7.97. The molecule has 130 valence electrons. The van der Waals surface area contributed by atoms with Crippen LogP contribution in [0, 0.1) is 0 Å². The normalized spacial score (nSPS) is 11.0. The number of aromatic carboxylic acids is 1. The number of carbonyl (C=O) groups excluding carboxylic acids is 1. The van der Waals surface area contributed by atoms with Crippen molar-refractivity contribution in [3.05, 3.63) is 65.2 Å². The summed E-state index contributed by atoms with van der Waals surface area (Å²) in [6, 6.07) is 10.3. The quantitative estimate of drug-likeness (QED) is 0.442. The fourth-order valence-electron chi connectivity index (χ4n) is 2.02. The van der Waals surface area contributed by atoms with Gasteiger partial charge in [-0.15, -0.1) is 0 Å². The third-order valence-corrected chi connectivity index (χ3v) is 4.02. The zero-order valence-corrected chi connectivity index (χ0v) is 13.9. The van der Waals surface area contributed by atoms with Gasteiger partial charge in [0.2, 0.25) is 0 Å². The Bertz CT molecular complexity index is 801. The molecule has 0 aliphatic rings. The number of hydrogen-bond acceptors (Lipinski definition) is 4. The summed E-state index contributed by atoms with van der Waals surface area (Å²) >= 11 is 0.348. The Kier molecular flexibility index (Phi) is 6.30. The van der Waals surface area contributed by atoms with Gasteiger partial charge in [-0.1, -0.05) is 30.0 Å². The average molecular weight is 364 g/mol. The van der Waals surface area contributed by atoms with Crippen LogP contribution in [0.25, 0.3) is 6.08 Å². The van der Waals surface area contributed by atoms with Crippen molar-refractivity contribution >= 4 is 29.6 Å². The van der Waals surface area contributed by atoms with E-state index < -0.39 is 11.7 Å². The standard InChI is InChI=1S/C18H14F2O4S/c1-24-15-10-13(7-9-16(15)25-18(19)20)14(21)8-4-11-2-5-12(6-3-11)17(22)23/h2-10,18H,1H3,(H,22,23)/b8-4+. The number of rotatable bonds is 7. The second-order valence-corrected chi connectivity index (χ2v) is 5.90. The van der Waals surface area contributed by atoms with Gasteiger partial charge in [0.25, 0.3) is 5.76 Å². The molecule has 2 aromatic carbocycles. The van der Waals surface area contributed by atoms with Crippen molar-refractivity contribution in [1.82, 2.24) is 0 Å². The Hall–Kier alpha value is -2.67. The number of ether oxygens (including phenoxy) is 1. The number of methoxy groups -OCH3 is 1. The number of carbonyl (C=O) groups is 2. The van der Waals surface area contributed by atoms with Crippen LogP contribution in [0.5, 0.6) is 5.75 Å². The Balaban J connectivity index is 2.15. The van der Waals surface area contributed by atoms with Crippen LogP contribution in [0.4, 0.5) is 8.78 Å². The van der Waals surface area contributed by atoms with Gasteiger partial charge in [-0.25, -0.2) is 4.79 Å². The van der Waals surface area contributed by atoms with Crippen LogP contribution in [0.2, 0.25) is 0 Å². The lowest BCUT2D eigenvalue weighted by Crippen LogP contribution is -1.97. The Morgan fingerprint density at radius 2 is 1.76 bits per heavy atom. The van der Waals surface area contributed by atoms with Crippen molar-refractivity contribution in [3.8, 4) is 5.75 Å². The first-order valence-electron chi connectivity index (χ1n) is 7.09. The van der Waals surface area contributed by atoms with Crippen LogP contribution in [-0.2, 0) is 0 Å². The monoisotopic (exact) mass is 364 g/mol. The highest BCUT2D eigenvalue weighted by Crippen LogP contribution is 2.34. The zero-order valence-electron chi connectivity index (χ0n) is 13.1. The van der Waals surface area contributed by atoms with Gasteiger partial charge in [-0.2, -0.15) is 8.78 Å². The smallest absolute Gasteiger partial charge is 0.335 e. The summed E-state index contributed by atoms with van der Waals surface area (Å²) in [4.78, 5) is 23.2. The lowest BCUT2D eigenvalue weighted by molar-refractivity contribution is 0.0696. The Morgan fingerprint density at radius 3 is 2.32 bits per heavy atom. The maximum atomic E-state index is 12.5. The van der Waals surface area contributed by atoms with Gasteiger partial charge < -0.3 is 9.84 Å². The maximum absolute atomic E-state index is 12.5. The van der Waals surface area contributed by atoms with Crippen LogP contribution >= 0.6 is 11.8 Å². The molecule has 0 atom stereocenters. The lowest BCUT2D eigenvalue weighted by atomic mass is 10.1. The molecule has 25 heavy (non-hydrogen) atoms. The van der Waals surface area contributed by atoms with Gasteiger partial charge in [-0.05, 0) is 42.0 Å². The van der Waals surface area contributed by atoms with Gasteiger partial charge in [0.1, 0.15) is 5.75 Å². The zero-order chi connectivity index (χ0) is 18.4. The summed E-state index contributed by atoms with van der Waals surface area (Å²) in [6.45, 7) is 0. The molecule has 0 spiro atoms. The summed E-state index contributed by atoms with van der Waals surface area (Å²) in [5, 5.41) is 8.84. The number of halogens is 2. The number of alkyl halides is 2. The van der Waals surface area contributed by atoms with Crippen LogP contribution in [0.1, 0.15) is 26.3 Å². The SMILES string of the molecule is COc1cc(C(=O)/C=C/c2ccc(C(=O)O)cc2)ccc1SC(F)F. The number of ketones is 1. The highest BCUT2D eigenvalue weighted by atomic mass is 32.2. The topological polar surface area (TPSA) is 63.6 Å². The van der Waals surface area contributed by atoms with Crippen LogP contribution in [-0.4, -0.2) is 29.7 Å². The minimum atomic E-state index is -2.58. The second kappa shape index (κ2) is 8.43. The summed E-state index contributed by atoms with van der Waals surface area (Å²) in [5.74, 6) is -3.73. The van der Waals surface area contributed by atoms with E-state index in [2.05, 4.69) is 0 Å². The number of carboxylic acid groups (broad SMARTS) is 1. The summed E-state index contributed by atoms with van der Waals surface area (Å²) in [6.07, 6.45) is 2.87. The van der Waals surface area contributed by atoms with Gasteiger partial charge in [0, 0.05) is 5.56 Å². The van der Waals surface area contributed by atoms with Crippen molar-refractivity contribution in [2.24, 2.45) is 0 Å². The van der Waals surface area contributed by atoms with E-state index >= 15 is 0 Å². The Labute approximate surface area is 147 Å². The molecule has 0 amide bonds. The van der Waals surface area contributed by atoms with Crippen molar-refractivity contribution in [3.63, 3.8) is 0 Å². The molecule has 0 aliphatic heterocycles. The van der Waals surface area contributed by atoms with Gasteiger partial charge in [0.15, 0.2) is 5.78 Å². The van der Waals surface area contributed by atoms with E-state index in [1.54, 1.807) is 18.2 Å². The molecule has 2 aromatic rings. The van der Waals surface area contributed by atoms with E-state index in [0.29, 0.717) is 22.9 Å². The van der Waals surface area contributed by atoms with Crippen molar-refractivity contribution in [1.29, 1.82) is 0 Å². The van der Waals surface area contributed by atoms with Crippen molar-refractivity contribution in [2.45, 2.75) is 10.7 Å². The summed E-state index contributed by atoms with van der Waals surface area (Å²) in [5.41, 5.74) is 1.12. The number of hydrogen-bond donors (Lipinski definition) is 1. The molecule has 0 heterocycles. The molecule has 0 bridgehead atoms. The molecular formula is C18H14F2O4S. The molecule has 0 radical (unpaired) electrons. The molecule has 7 heteroatoms. The first kappa shape index (κ1) is 18.7.